The van der Waals surface area contributed by atoms with E-state index in [2.05, 4.69) is 36.9 Å². The average Bonchev–Trinajstić information content (AvgIpc) is 2.98. The minimum absolute atomic E-state index is 0.217. The average molecular weight is 481 g/mol. The summed E-state index contributed by atoms with van der Waals surface area (Å²) in [6.45, 7) is 2.41. The molecule has 1 aliphatic rings. The van der Waals surface area contributed by atoms with Crippen LogP contribution in [0.4, 0.5) is 0 Å². The van der Waals surface area contributed by atoms with Gasteiger partial charge in [0.05, 0.1) is 23.8 Å². The number of benzene rings is 2. The number of cyclic esters (lactones) is 1. The predicted molar refractivity (Wildman–Crippen MR) is 107 cm³/mol. The molecule has 0 spiro atoms. The lowest BCUT2D eigenvalue weighted by Gasteiger charge is -2.12. The Labute approximate surface area is 167 Å². The van der Waals surface area contributed by atoms with Crippen LogP contribution in [0.1, 0.15) is 18.1 Å². The minimum Gasteiger partial charge on any atom is -0.493 e. The third-order valence-corrected chi connectivity index (χ3v) is 4.85. The van der Waals surface area contributed by atoms with Crippen molar-refractivity contribution in [2.45, 2.75) is 6.92 Å². The number of ether oxygens (including phenoxy) is 3. The van der Waals surface area contributed by atoms with Crippen LogP contribution in [0.5, 0.6) is 11.5 Å². The van der Waals surface area contributed by atoms with Crippen LogP contribution in [0.15, 0.2) is 56.0 Å². The summed E-state index contributed by atoms with van der Waals surface area (Å²) >= 11 is 6.91. The van der Waals surface area contributed by atoms with Crippen molar-refractivity contribution < 1.29 is 19.0 Å². The fraction of sp³-hybridized carbons (Fsp3) is 0.158. The molecule has 2 aromatic rings. The van der Waals surface area contributed by atoms with Crippen molar-refractivity contribution in [3.05, 3.63) is 62.2 Å². The lowest BCUT2D eigenvalue weighted by molar-refractivity contribution is -0.129. The molecule has 134 valence electrons. The molecule has 2 aromatic carbocycles. The number of hydrogen-bond donors (Lipinski definition) is 0. The number of carbonyl (C=O) groups excluding carboxylic acids is 1. The Morgan fingerprint density at radius 1 is 1.19 bits per heavy atom. The van der Waals surface area contributed by atoms with E-state index in [0.29, 0.717) is 18.1 Å². The van der Waals surface area contributed by atoms with E-state index < -0.39 is 5.97 Å². The molecule has 26 heavy (non-hydrogen) atoms. The van der Waals surface area contributed by atoms with E-state index in [-0.39, 0.29) is 11.6 Å². The van der Waals surface area contributed by atoms with Gasteiger partial charge in [0.15, 0.2) is 17.2 Å². The maximum Gasteiger partial charge on any atom is 0.363 e. The van der Waals surface area contributed by atoms with Crippen molar-refractivity contribution in [2.75, 3.05) is 13.7 Å². The number of halogens is 2. The van der Waals surface area contributed by atoms with Crippen LogP contribution in [-0.2, 0) is 9.53 Å². The fourth-order valence-electron chi connectivity index (χ4n) is 2.42. The number of nitrogens with zero attached hydrogens (tertiary/aromatic N) is 1. The smallest absolute Gasteiger partial charge is 0.363 e. The number of hydrogen-bond acceptors (Lipinski definition) is 5. The van der Waals surface area contributed by atoms with Crippen molar-refractivity contribution >= 4 is 49.8 Å². The monoisotopic (exact) mass is 479 g/mol. The predicted octanol–water partition coefficient (Wildman–Crippen LogP) is 4.96. The van der Waals surface area contributed by atoms with Crippen molar-refractivity contribution in [1.82, 2.24) is 0 Å². The van der Waals surface area contributed by atoms with Crippen LogP contribution in [0.2, 0.25) is 0 Å². The zero-order valence-corrected chi connectivity index (χ0v) is 17.3. The summed E-state index contributed by atoms with van der Waals surface area (Å²) in [5.74, 6) is 0.948. The summed E-state index contributed by atoms with van der Waals surface area (Å²) in [6.07, 6.45) is 1.65. The Hall–Kier alpha value is -2.12. The Balaban J connectivity index is 1.98. The Bertz CT molecular complexity index is 922. The topological polar surface area (TPSA) is 57.1 Å². The molecule has 0 aliphatic carbocycles. The zero-order valence-electron chi connectivity index (χ0n) is 14.1. The van der Waals surface area contributed by atoms with Crippen LogP contribution >= 0.6 is 31.9 Å². The Kier molecular flexibility index (Phi) is 5.78. The van der Waals surface area contributed by atoms with Crippen molar-refractivity contribution in [3.8, 4) is 11.5 Å². The maximum absolute atomic E-state index is 12.2. The molecule has 0 fully saturated rings. The molecule has 0 unspecified atom stereocenters. The number of aliphatic imine (C=N–C) groups is 1. The van der Waals surface area contributed by atoms with E-state index in [1.165, 1.54) is 0 Å². The number of rotatable bonds is 5. The lowest BCUT2D eigenvalue weighted by atomic mass is 10.1. The normalized spacial score (nSPS) is 15.0. The van der Waals surface area contributed by atoms with Gasteiger partial charge in [-0.15, -0.1) is 0 Å². The minimum atomic E-state index is -0.500. The van der Waals surface area contributed by atoms with Gasteiger partial charge in [0.25, 0.3) is 0 Å². The standard InChI is InChI=1S/C19H15Br2NO4/c1-3-25-17-14(21)8-11(10-16(17)24-2)9-15-19(23)26-18(22-15)12-6-4-5-7-13(12)20/h4-10H,3H2,1-2H3. The molecular weight excluding hydrogens is 466 g/mol. The molecule has 0 amide bonds. The molecule has 0 radical (unpaired) electrons. The summed E-state index contributed by atoms with van der Waals surface area (Å²) in [5.41, 5.74) is 1.67. The third kappa shape index (κ3) is 3.83. The maximum atomic E-state index is 12.2. The largest absolute Gasteiger partial charge is 0.493 e. The molecule has 0 bridgehead atoms. The first-order chi connectivity index (χ1) is 12.5. The number of esters is 1. The van der Waals surface area contributed by atoms with Crippen LogP contribution in [0.3, 0.4) is 0 Å². The highest BCUT2D eigenvalue weighted by atomic mass is 79.9. The van der Waals surface area contributed by atoms with Crippen LogP contribution < -0.4 is 9.47 Å². The fourth-order valence-corrected chi connectivity index (χ4v) is 3.45. The van der Waals surface area contributed by atoms with E-state index in [4.69, 9.17) is 14.2 Å². The highest BCUT2D eigenvalue weighted by Crippen LogP contribution is 2.37. The first-order valence-corrected chi connectivity index (χ1v) is 9.40. The summed E-state index contributed by atoms with van der Waals surface area (Å²) in [4.78, 5) is 16.5. The van der Waals surface area contributed by atoms with Gasteiger partial charge in [0, 0.05) is 4.47 Å². The second-order valence-corrected chi connectivity index (χ2v) is 6.99. The lowest BCUT2D eigenvalue weighted by Crippen LogP contribution is -2.05. The van der Waals surface area contributed by atoms with E-state index in [0.717, 1.165) is 20.1 Å². The second-order valence-electron chi connectivity index (χ2n) is 5.28. The summed E-state index contributed by atoms with van der Waals surface area (Å²) in [7, 11) is 1.56. The molecular formula is C19H15Br2NO4. The molecule has 7 heteroatoms. The van der Waals surface area contributed by atoms with Crippen LogP contribution in [0, 0.1) is 0 Å². The van der Waals surface area contributed by atoms with E-state index >= 15 is 0 Å². The van der Waals surface area contributed by atoms with Gasteiger partial charge in [-0.25, -0.2) is 9.79 Å². The van der Waals surface area contributed by atoms with Gasteiger partial charge in [0.1, 0.15) is 0 Å². The molecule has 0 saturated heterocycles. The van der Waals surface area contributed by atoms with Gasteiger partial charge in [-0.1, -0.05) is 12.1 Å². The molecule has 1 aliphatic heterocycles. The van der Waals surface area contributed by atoms with Crippen molar-refractivity contribution in [1.29, 1.82) is 0 Å². The SMILES string of the molecule is CCOc1c(Br)cc(C=C2N=C(c3ccccc3Br)OC2=O)cc1OC. The molecule has 0 N–H and O–H groups in total. The first kappa shape index (κ1) is 18.7. The highest BCUT2D eigenvalue weighted by molar-refractivity contribution is 9.10. The third-order valence-electron chi connectivity index (χ3n) is 3.57. The van der Waals surface area contributed by atoms with Gasteiger partial charge in [-0.05, 0) is 74.7 Å². The molecule has 0 aromatic heterocycles. The molecule has 3 rings (SSSR count). The van der Waals surface area contributed by atoms with Gasteiger partial charge >= 0.3 is 5.97 Å². The molecule has 0 saturated carbocycles. The Morgan fingerprint density at radius 2 is 1.96 bits per heavy atom. The van der Waals surface area contributed by atoms with Crippen molar-refractivity contribution in [2.24, 2.45) is 4.99 Å². The van der Waals surface area contributed by atoms with Crippen LogP contribution in [-0.4, -0.2) is 25.6 Å². The first-order valence-electron chi connectivity index (χ1n) is 7.81. The quantitative estimate of drug-likeness (QED) is 0.448. The molecule has 0 atom stereocenters. The van der Waals surface area contributed by atoms with Gasteiger partial charge < -0.3 is 14.2 Å². The second kappa shape index (κ2) is 8.05. The zero-order chi connectivity index (χ0) is 18.7. The van der Waals surface area contributed by atoms with Gasteiger partial charge in [-0.2, -0.15) is 0 Å². The van der Waals surface area contributed by atoms with Gasteiger partial charge in [-0.3, -0.25) is 0 Å². The molecule has 5 nitrogen and oxygen atoms in total. The number of methoxy groups -OCH3 is 1. The summed E-state index contributed by atoms with van der Waals surface area (Å²) in [5, 5.41) is 0. The van der Waals surface area contributed by atoms with E-state index in [1.54, 1.807) is 19.3 Å². The Morgan fingerprint density at radius 3 is 2.65 bits per heavy atom. The summed E-state index contributed by atoms with van der Waals surface area (Å²) < 4.78 is 17.8. The van der Waals surface area contributed by atoms with Crippen molar-refractivity contribution in [3.63, 3.8) is 0 Å². The number of carbonyl (C=O) groups is 1. The van der Waals surface area contributed by atoms with Crippen LogP contribution in [0.25, 0.3) is 6.08 Å². The van der Waals surface area contributed by atoms with E-state index in [9.17, 15) is 4.79 Å². The van der Waals surface area contributed by atoms with Gasteiger partial charge in [0.2, 0.25) is 5.90 Å². The highest BCUT2D eigenvalue weighted by Gasteiger charge is 2.25. The summed E-state index contributed by atoms with van der Waals surface area (Å²) in [6, 6.07) is 11.0. The van der Waals surface area contributed by atoms with E-state index in [1.807, 2.05) is 37.3 Å². The molecule has 1 heterocycles.